The number of anilines is 1. The number of thioether (sulfide) groups is 2. The van der Waals surface area contributed by atoms with Gasteiger partial charge in [0.1, 0.15) is 0 Å². The van der Waals surface area contributed by atoms with Crippen molar-refractivity contribution in [3.05, 3.63) is 0 Å². The van der Waals surface area contributed by atoms with Gasteiger partial charge in [0, 0.05) is 11.5 Å². The Bertz CT molecular complexity index is 407. The molecule has 0 unspecified atom stereocenters. The first-order chi connectivity index (χ1) is 12.3. The predicted molar refractivity (Wildman–Crippen MR) is 112 cm³/mol. The standard InChI is InChI=1S/C19H36N4S2/c1-3-5-7-9-11-13-15-24-18-21-17(20)22-19(23-18)25-16-14-12-10-8-6-4-2/h3-16H2,1-2H3,(H2,20,21,22,23). The van der Waals surface area contributed by atoms with Crippen molar-refractivity contribution in [2.45, 2.75) is 101 Å². The summed E-state index contributed by atoms with van der Waals surface area (Å²) in [4.78, 5) is 13.1. The summed E-state index contributed by atoms with van der Waals surface area (Å²) < 4.78 is 0. The molecule has 0 radical (unpaired) electrons. The molecule has 25 heavy (non-hydrogen) atoms. The number of nitrogens with two attached hydrogens (primary N) is 1. The Morgan fingerprint density at radius 1 is 0.600 bits per heavy atom. The number of hydrogen-bond donors (Lipinski definition) is 1. The van der Waals surface area contributed by atoms with Crippen LogP contribution in [0.25, 0.3) is 0 Å². The number of nitrogen functional groups attached to an aromatic ring is 1. The second-order valence-electron chi connectivity index (χ2n) is 6.49. The molecule has 0 saturated heterocycles. The van der Waals surface area contributed by atoms with Crippen molar-refractivity contribution < 1.29 is 0 Å². The highest BCUT2D eigenvalue weighted by atomic mass is 32.2. The maximum atomic E-state index is 5.84. The van der Waals surface area contributed by atoms with Gasteiger partial charge < -0.3 is 5.73 Å². The normalized spacial score (nSPS) is 11.1. The molecule has 0 fully saturated rings. The molecular weight excluding hydrogens is 348 g/mol. The first-order valence-electron chi connectivity index (χ1n) is 10.0. The highest BCUT2D eigenvalue weighted by Gasteiger charge is 2.06. The van der Waals surface area contributed by atoms with Crippen LogP contribution >= 0.6 is 23.5 Å². The molecule has 0 spiro atoms. The van der Waals surface area contributed by atoms with Crippen molar-refractivity contribution in [1.29, 1.82) is 0 Å². The quantitative estimate of drug-likeness (QED) is 0.264. The fourth-order valence-electron chi connectivity index (χ4n) is 2.57. The van der Waals surface area contributed by atoms with Crippen molar-refractivity contribution in [2.24, 2.45) is 0 Å². The minimum absolute atomic E-state index is 0.353. The van der Waals surface area contributed by atoms with Gasteiger partial charge in [-0.3, -0.25) is 0 Å². The van der Waals surface area contributed by atoms with Crippen LogP contribution in [0.2, 0.25) is 0 Å². The minimum Gasteiger partial charge on any atom is -0.368 e. The molecule has 0 aromatic carbocycles. The molecule has 144 valence electrons. The van der Waals surface area contributed by atoms with Crippen molar-refractivity contribution in [1.82, 2.24) is 15.0 Å². The highest BCUT2D eigenvalue weighted by molar-refractivity contribution is 7.99. The number of unbranched alkanes of at least 4 members (excludes halogenated alkanes) is 10. The lowest BCUT2D eigenvalue weighted by Crippen LogP contribution is -2.01. The monoisotopic (exact) mass is 384 g/mol. The van der Waals surface area contributed by atoms with E-state index < -0.39 is 0 Å². The number of nitrogens with zero attached hydrogens (tertiary/aromatic N) is 3. The lowest BCUT2D eigenvalue weighted by Gasteiger charge is -2.05. The van der Waals surface area contributed by atoms with Crippen molar-refractivity contribution in [3.8, 4) is 0 Å². The van der Waals surface area contributed by atoms with Crippen molar-refractivity contribution >= 4 is 29.5 Å². The summed E-state index contributed by atoms with van der Waals surface area (Å²) in [5.74, 6) is 2.49. The molecule has 1 rings (SSSR count). The van der Waals surface area contributed by atoms with Crippen LogP contribution < -0.4 is 5.73 Å². The Morgan fingerprint density at radius 2 is 1.00 bits per heavy atom. The van der Waals surface area contributed by atoms with E-state index in [1.807, 2.05) is 0 Å². The van der Waals surface area contributed by atoms with Gasteiger partial charge in [-0.2, -0.15) is 15.0 Å². The highest BCUT2D eigenvalue weighted by Crippen LogP contribution is 2.22. The van der Waals surface area contributed by atoms with Crippen molar-refractivity contribution in [2.75, 3.05) is 17.2 Å². The van der Waals surface area contributed by atoms with Gasteiger partial charge in [0.25, 0.3) is 0 Å². The van der Waals surface area contributed by atoms with Gasteiger partial charge in [0.05, 0.1) is 0 Å². The Kier molecular flexibility index (Phi) is 14.2. The van der Waals surface area contributed by atoms with E-state index in [0.29, 0.717) is 5.95 Å². The second kappa shape index (κ2) is 15.7. The Hall–Kier alpha value is -0.490. The molecule has 6 heteroatoms. The van der Waals surface area contributed by atoms with Crippen LogP contribution in [0.4, 0.5) is 5.95 Å². The van der Waals surface area contributed by atoms with E-state index in [-0.39, 0.29) is 0 Å². The third-order valence-corrected chi connectivity index (χ3v) is 5.94. The van der Waals surface area contributed by atoms with E-state index in [4.69, 9.17) is 5.73 Å². The molecule has 2 N–H and O–H groups in total. The molecular formula is C19H36N4S2. The molecule has 0 amide bonds. The molecule has 0 aliphatic carbocycles. The SMILES string of the molecule is CCCCCCCCSc1nc(N)nc(SCCCCCCCC)n1. The van der Waals surface area contributed by atoms with E-state index in [0.717, 1.165) is 21.8 Å². The molecule has 4 nitrogen and oxygen atoms in total. The van der Waals surface area contributed by atoms with E-state index in [9.17, 15) is 0 Å². The Morgan fingerprint density at radius 3 is 1.44 bits per heavy atom. The molecule has 0 bridgehead atoms. The molecule has 0 aliphatic heterocycles. The topological polar surface area (TPSA) is 64.7 Å². The zero-order chi connectivity index (χ0) is 18.2. The van der Waals surface area contributed by atoms with E-state index in [1.165, 1.54) is 77.0 Å². The summed E-state index contributed by atoms with van der Waals surface area (Å²) in [6.45, 7) is 4.51. The van der Waals surface area contributed by atoms with Gasteiger partial charge in [-0.1, -0.05) is 102 Å². The van der Waals surface area contributed by atoms with Crippen LogP contribution in [-0.4, -0.2) is 26.5 Å². The summed E-state index contributed by atoms with van der Waals surface area (Å²) in [6, 6.07) is 0. The lowest BCUT2D eigenvalue weighted by atomic mass is 10.1. The van der Waals surface area contributed by atoms with Crippen molar-refractivity contribution in [3.63, 3.8) is 0 Å². The molecule has 0 aliphatic rings. The third kappa shape index (κ3) is 12.5. The first-order valence-corrected chi connectivity index (χ1v) is 12.0. The number of rotatable bonds is 16. The van der Waals surface area contributed by atoms with E-state index in [2.05, 4.69) is 28.8 Å². The summed E-state index contributed by atoms with van der Waals surface area (Å²) >= 11 is 3.42. The van der Waals surface area contributed by atoms with Gasteiger partial charge in [0.2, 0.25) is 5.95 Å². The lowest BCUT2D eigenvalue weighted by molar-refractivity contribution is 0.626. The minimum atomic E-state index is 0.353. The third-order valence-electron chi connectivity index (χ3n) is 4.07. The van der Waals surface area contributed by atoms with Gasteiger partial charge >= 0.3 is 0 Å². The average molecular weight is 385 g/mol. The van der Waals surface area contributed by atoms with Gasteiger partial charge in [0.15, 0.2) is 10.3 Å². The van der Waals surface area contributed by atoms with Crippen LogP contribution in [0.5, 0.6) is 0 Å². The smallest absolute Gasteiger partial charge is 0.225 e. The fraction of sp³-hybridized carbons (Fsp3) is 0.842. The summed E-state index contributed by atoms with van der Waals surface area (Å²) in [6.07, 6.45) is 15.8. The van der Waals surface area contributed by atoms with Crippen LogP contribution in [0.1, 0.15) is 90.9 Å². The molecule has 1 aromatic heterocycles. The van der Waals surface area contributed by atoms with Crippen LogP contribution in [0.15, 0.2) is 10.3 Å². The zero-order valence-corrected chi connectivity index (χ0v) is 17.8. The number of hydrogen-bond acceptors (Lipinski definition) is 6. The van der Waals surface area contributed by atoms with Crippen LogP contribution in [0.3, 0.4) is 0 Å². The Balaban J connectivity index is 2.19. The second-order valence-corrected chi connectivity index (χ2v) is 8.62. The van der Waals surface area contributed by atoms with Crippen LogP contribution in [-0.2, 0) is 0 Å². The summed E-state index contributed by atoms with van der Waals surface area (Å²) in [7, 11) is 0. The molecule has 0 atom stereocenters. The predicted octanol–water partition coefficient (Wildman–Crippen LogP) is 6.36. The molecule has 1 heterocycles. The zero-order valence-electron chi connectivity index (χ0n) is 16.1. The summed E-state index contributed by atoms with van der Waals surface area (Å²) in [5.41, 5.74) is 5.84. The van der Waals surface area contributed by atoms with Crippen LogP contribution in [0, 0.1) is 0 Å². The van der Waals surface area contributed by atoms with Gasteiger partial charge in [-0.15, -0.1) is 0 Å². The maximum absolute atomic E-state index is 5.84. The Labute approximate surface area is 163 Å². The number of aromatic nitrogens is 3. The first kappa shape index (κ1) is 22.6. The molecule has 0 saturated carbocycles. The summed E-state index contributed by atoms with van der Waals surface area (Å²) in [5, 5.41) is 1.57. The fourth-order valence-corrected chi connectivity index (χ4v) is 4.31. The van der Waals surface area contributed by atoms with E-state index >= 15 is 0 Å². The van der Waals surface area contributed by atoms with E-state index in [1.54, 1.807) is 23.5 Å². The largest absolute Gasteiger partial charge is 0.368 e. The molecule has 1 aromatic rings. The van der Waals surface area contributed by atoms with Gasteiger partial charge in [-0.25, -0.2) is 0 Å². The van der Waals surface area contributed by atoms with Gasteiger partial charge in [-0.05, 0) is 12.8 Å². The maximum Gasteiger partial charge on any atom is 0.225 e. The average Bonchev–Trinajstić information content (AvgIpc) is 2.60.